The van der Waals surface area contributed by atoms with Gasteiger partial charge in [0.15, 0.2) is 0 Å². The molecule has 0 amide bonds. The largest absolute Gasteiger partial charge is 0.384 e. The number of halogens is 2. The lowest BCUT2D eigenvalue weighted by atomic mass is 10.0. The van der Waals surface area contributed by atoms with E-state index in [9.17, 15) is 8.78 Å². The summed E-state index contributed by atoms with van der Waals surface area (Å²) in [5.74, 6) is -2.77. The van der Waals surface area contributed by atoms with Gasteiger partial charge in [0.2, 0.25) is 0 Å². The molecule has 0 aromatic heterocycles. The first-order chi connectivity index (χ1) is 7.99. The molecule has 1 aromatic carbocycles. The van der Waals surface area contributed by atoms with Gasteiger partial charge in [-0.3, -0.25) is 0 Å². The quantitative estimate of drug-likeness (QED) is 0.804. The van der Waals surface area contributed by atoms with Crippen molar-refractivity contribution in [1.82, 2.24) is 5.32 Å². The van der Waals surface area contributed by atoms with E-state index in [0.29, 0.717) is 0 Å². The van der Waals surface area contributed by atoms with Crippen molar-refractivity contribution >= 4 is 0 Å². The van der Waals surface area contributed by atoms with Crippen LogP contribution in [0.3, 0.4) is 0 Å². The predicted molar refractivity (Wildman–Crippen MR) is 67.0 cm³/mol. The van der Waals surface area contributed by atoms with Crippen LogP contribution in [0.1, 0.15) is 44.4 Å². The average molecular weight is 239 g/mol. The van der Waals surface area contributed by atoms with E-state index in [2.05, 4.69) is 12.2 Å². The molecule has 0 saturated carbocycles. The molecular weight excluding hydrogens is 220 g/mol. The Morgan fingerprint density at radius 3 is 2.29 bits per heavy atom. The Bertz CT molecular complexity index is 363. The number of hydrogen-bond acceptors (Lipinski definition) is 1. The maximum atomic E-state index is 13.0. The fraction of sp³-hybridized carbons (Fsp3) is 0.429. The normalized spacial score (nSPS) is 13.9. The van der Waals surface area contributed by atoms with Crippen molar-refractivity contribution in [2.24, 2.45) is 0 Å². The fourth-order valence-corrected chi connectivity index (χ4v) is 1.67. The Kier molecular flexibility index (Phi) is 4.67. The highest BCUT2D eigenvalue weighted by Gasteiger charge is 2.23. The summed E-state index contributed by atoms with van der Waals surface area (Å²) in [6.45, 7) is 4.90. The summed E-state index contributed by atoms with van der Waals surface area (Å²) < 4.78 is 26.1. The molecule has 0 spiro atoms. The first-order valence-electron chi connectivity index (χ1n) is 5.84. The van der Waals surface area contributed by atoms with Gasteiger partial charge in [-0.15, -0.1) is 0 Å². The minimum Gasteiger partial charge on any atom is -0.384 e. The highest BCUT2D eigenvalue weighted by Crippen LogP contribution is 2.28. The van der Waals surface area contributed by atoms with Crippen LogP contribution in [-0.4, -0.2) is 0 Å². The number of rotatable bonds is 5. The summed E-state index contributed by atoms with van der Waals surface area (Å²) in [5.41, 5.74) is 1.08. The minimum absolute atomic E-state index is 0.0575. The molecule has 1 unspecified atom stereocenters. The second kappa shape index (κ2) is 5.80. The smallest absolute Gasteiger partial charge is 0.270 e. The van der Waals surface area contributed by atoms with E-state index in [0.717, 1.165) is 18.9 Å². The molecule has 0 saturated heterocycles. The molecule has 1 N–H and O–H groups in total. The average Bonchev–Trinajstić information content (AvgIpc) is 2.29. The second-order valence-corrected chi connectivity index (χ2v) is 4.14. The molecule has 0 radical (unpaired) electrons. The number of hydrogen-bond donors (Lipinski definition) is 1. The van der Waals surface area contributed by atoms with E-state index in [1.807, 2.05) is 19.2 Å². The lowest BCUT2D eigenvalue weighted by Gasteiger charge is -2.17. The van der Waals surface area contributed by atoms with E-state index in [1.165, 1.54) is 12.1 Å². The molecule has 0 aliphatic carbocycles. The monoisotopic (exact) mass is 239 g/mol. The molecular formula is C14H19F2N. The van der Waals surface area contributed by atoms with E-state index >= 15 is 0 Å². The maximum Gasteiger partial charge on any atom is 0.270 e. The lowest BCUT2D eigenvalue weighted by molar-refractivity contribution is 0.0174. The number of alkyl halides is 2. The zero-order valence-electron chi connectivity index (χ0n) is 10.5. The fourth-order valence-electron chi connectivity index (χ4n) is 1.67. The van der Waals surface area contributed by atoms with Crippen molar-refractivity contribution in [3.8, 4) is 0 Å². The summed E-state index contributed by atoms with van der Waals surface area (Å²) in [7, 11) is 0. The second-order valence-electron chi connectivity index (χ2n) is 4.14. The molecule has 1 nitrogen and oxygen atoms in total. The zero-order valence-corrected chi connectivity index (χ0v) is 10.5. The highest BCUT2D eigenvalue weighted by atomic mass is 19.3. The zero-order chi connectivity index (χ0) is 12.9. The minimum atomic E-state index is -2.77. The van der Waals surface area contributed by atoms with Crippen molar-refractivity contribution in [3.05, 3.63) is 47.7 Å². The Morgan fingerprint density at radius 2 is 1.88 bits per heavy atom. The van der Waals surface area contributed by atoms with E-state index < -0.39 is 5.92 Å². The van der Waals surface area contributed by atoms with Crippen LogP contribution in [0.15, 0.2) is 36.5 Å². The third-order valence-corrected chi connectivity index (χ3v) is 2.69. The van der Waals surface area contributed by atoms with Gasteiger partial charge in [-0.05, 0) is 25.1 Å². The number of allylic oxidation sites excluding steroid dienone is 1. The van der Waals surface area contributed by atoms with Crippen LogP contribution in [0, 0.1) is 0 Å². The number of benzene rings is 1. The summed E-state index contributed by atoms with van der Waals surface area (Å²) in [6.07, 6.45) is 4.69. The van der Waals surface area contributed by atoms with Crippen LogP contribution in [0.4, 0.5) is 8.78 Å². The molecule has 1 atom stereocenters. The Balaban J connectivity index is 2.85. The first-order valence-corrected chi connectivity index (χ1v) is 5.84. The van der Waals surface area contributed by atoms with Crippen molar-refractivity contribution in [1.29, 1.82) is 0 Å². The summed E-state index contributed by atoms with van der Waals surface area (Å²) in [6, 6.07) is 6.69. The Morgan fingerprint density at radius 1 is 1.29 bits per heavy atom. The van der Waals surface area contributed by atoms with E-state index in [-0.39, 0.29) is 11.6 Å². The van der Waals surface area contributed by atoms with Crippen LogP contribution < -0.4 is 5.32 Å². The van der Waals surface area contributed by atoms with Gasteiger partial charge in [-0.1, -0.05) is 37.3 Å². The lowest BCUT2D eigenvalue weighted by Crippen LogP contribution is -2.15. The molecule has 0 bridgehead atoms. The van der Waals surface area contributed by atoms with Crippen LogP contribution in [0.25, 0.3) is 0 Å². The maximum absolute atomic E-state index is 13.0. The van der Waals surface area contributed by atoms with Crippen molar-refractivity contribution in [3.63, 3.8) is 0 Å². The Hall–Kier alpha value is -1.38. The van der Waals surface area contributed by atoms with Crippen LogP contribution in [0.5, 0.6) is 0 Å². The molecule has 0 aliphatic heterocycles. The van der Waals surface area contributed by atoms with Gasteiger partial charge in [0, 0.05) is 12.5 Å². The molecule has 0 aliphatic rings. The Labute approximate surface area is 102 Å². The molecule has 0 fully saturated rings. The van der Waals surface area contributed by atoms with E-state index in [1.54, 1.807) is 12.1 Å². The summed E-state index contributed by atoms with van der Waals surface area (Å²) in [5, 5.41) is 3.23. The summed E-state index contributed by atoms with van der Waals surface area (Å²) >= 11 is 0. The molecule has 3 heteroatoms. The third kappa shape index (κ3) is 3.84. The number of nitrogens with one attached hydrogen (secondary N) is 1. The van der Waals surface area contributed by atoms with Gasteiger partial charge in [0.1, 0.15) is 0 Å². The molecule has 17 heavy (non-hydrogen) atoms. The SMILES string of the molecule is C/C=C\NC(CC)c1ccc(C(C)(F)F)cc1. The van der Waals surface area contributed by atoms with Crippen LogP contribution in [-0.2, 0) is 5.92 Å². The van der Waals surface area contributed by atoms with Gasteiger partial charge in [-0.25, -0.2) is 8.78 Å². The summed E-state index contributed by atoms with van der Waals surface area (Å²) in [4.78, 5) is 0. The van der Waals surface area contributed by atoms with Crippen molar-refractivity contribution in [2.75, 3.05) is 0 Å². The predicted octanol–water partition coefficient (Wildman–Crippen LogP) is 4.37. The van der Waals surface area contributed by atoms with Crippen molar-refractivity contribution < 1.29 is 8.78 Å². The van der Waals surface area contributed by atoms with Gasteiger partial charge in [-0.2, -0.15) is 0 Å². The van der Waals surface area contributed by atoms with Gasteiger partial charge in [0.05, 0.1) is 6.04 Å². The standard InChI is InChI=1S/C14H19F2N/c1-4-10-17-13(5-2)11-6-8-12(9-7-11)14(3,15)16/h4,6-10,13,17H,5H2,1-3H3/b10-4-. The molecule has 1 aromatic rings. The topological polar surface area (TPSA) is 12.0 Å². The van der Waals surface area contributed by atoms with Crippen molar-refractivity contribution in [2.45, 2.75) is 39.2 Å². The molecule has 0 heterocycles. The van der Waals surface area contributed by atoms with Crippen LogP contribution in [0.2, 0.25) is 0 Å². The van der Waals surface area contributed by atoms with Gasteiger partial charge in [0.25, 0.3) is 5.92 Å². The van der Waals surface area contributed by atoms with Gasteiger partial charge >= 0.3 is 0 Å². The highest BCUT2D eigenvalue weighted by molar-refractivity contribution is 5.27. The van der Waals surface area contributed by atoms with Gasteiger partial charge < -0.3 is 5.32 Å². The van der Waals surface area contributed by atoms with E-state index in [4.69, 9.17) is 0 Å². The molecule has 1 rings (SSSR count). The third-order valence-electron chi connectivity index (χ3n) is 2.69. The molecule has 94 valence electrons. The first kappa shape index (κ1) is 13.7. The van der Waals surface area contributed by atoms with Crippen LogP contribution >= 0.6 is 0 Å².